The fraction of sp³-hybridized carbons (Fsp3) is 0.500. The first-order valence-corrected chi connectivity index (χ1v) is 13.2. The molecule has 0 fully saturated rings. The Morgan fingerprint density at radius 1 is 1.00 bits per heavy atom. The number of hydrogen-bond donors (Lipinski definition) is 3. The van der Waals surface area contributed by atoms with Crippen LogP contribution in [0.15, 0.2) is 47.6 Å². The SMILES string of the molecule is CCCCCCC(O)O/N=C(/C(=O)Nc1ccccc1C(=O)O)c1ccc2c(c1)C(C)(C)CCC2(C)C. The minimum atomic E-state index is -1.15. The Hall–Kier alpha value is -3.19. The minimum Gasteiger partial charge on any atom is -0.478 e. The summed E-state index contributed by atoms with van der Waals surface area (Å²) in [5.41, 5.74) is 2.97. The Morgan fingerprint density at radius 2 is 1.68 bits per heavy atom. The van der Waals surface area contributed by atoms with Crippen LogP contribution in [0.3, 0.4) is 0 Å². The lowest BCUT2D eigenvalue weighted by molar-refractivity contribution is -0.113. The molecular weight excluding hydrogens is 468 g/mol. The van der Waals surface area contributed by atoms with Gasteiger partial charge in [-0.15, -0.1) is 0 Å². The molecule has 0 heterocycles. The van der Waals surface area contributed by atoms with Crippen LogP contribution in [0.1, 0.15) is 107 Å². The Labute approximate surface area is 219 Å². The Balaban J connectivity index is 1.97. The van der Waals surface area contributed by atoms with Gasteiger partial charge in [0.25, 0.3) is 5.91 Å². The van der Waals surface area contributed by atoms with Crippen LogP contribution >= 0.6 is 0 Å². The molecule has 37 heavy (non-hydrogen) atoms. The number of oxime groups is 1. The molecule has 0 spiro atoms. The van der Waals surface area contributed by atoms with E-state index in [9.17, 15) is 19.8 Å². The number of carboxylic acids is 1. The van der Waals surface area contributed by atoms with Gasteiger partial charge in [0.1, 0.15) is 0 Å². The van der Waals surface area contributed by atoms with Crippen molar-refractivity contribution in [3.63, 3.8) is 0 Å². The van der Waals surface area contributed by atoms with Crippen molar-refractivity contribution in [1.82, 2.24) is 0 Å². The molecule has 0 radical (unpaired) electrons. The average molecular weight is 509 g/mol. The maximum absolute atomic E-state index is 13.5. The molecule has 1 aliphatic rings. The van der Waals surface area contributed by atoms with Crippen LogP contribution in [0.25, 0.3) is 0 Å². The molecule has 1 amide bonds. The predicted octanol–water partition coefficient (Wildman–Crippen LogP) is 6.38. The van der Waals surface area contributed by atoms with Gasteiger partial charge in [0.15, 0.2) is 5.71 Å². The molecule has 3 N–H and O–H groups in total. The van der Waals surface area contributed by atoms with Crippen molar-refractivity contribution in [2.24, 2.45) is 5.16 Å². The highest BCUT2D eigenvalue weighted by atomic mass is 16.7. The van der Waals surface area contributed by atoms with E-state index < -0.39 is 18.2 Å². The third-order valence-electron chi connectivity index (χ3n) is 7.32. The molecule has 0 aliphatic heterocycles. The molecule has 1 unspecified atom stereocenters. The monoisotopic (exact) mass is 508 g/mol. The summed E-state index contributed by atoms with van der Waals surface area (Å²) in [6.07, 6.45) is 5.28. The maximum atomic E-state index is 13.5. The van der Waals surface area contributed by atoms with E-state index in [2.05, 4.69) is 45.1 Å². The number of carboxylic acid groups (broad SMARTS) is 1. The fourth-order valence-electron chi connectivity index (χ4n) is 4.83. The molecule has 1 aliphatic carbocycles. The average Bonchev–Trinajstić information content (AvgIpc) is 2.85. The highest BCUT2D eigenvalue weighted by Gasteiger charge is 2.37. The first kappa shape index (κ1) is 28.4. The number of nitrogens with one attached hydrogen (secondary N) is 1. The normalized spacial score (nSPS) is 17.0. The number of amides is 1. The van der Waals surface area contributed by atoms with Crippen LogP contribution in [0.2, 0.25) is 0 Å². The molecule has 0 bridgehead atoms. The van der Waals surface area contributed by atoms with Crippen LogP contribution < -0.4 is 5.32 Å². The van der Waals surface area contributed by atoms with Gasteiger partial charge in [-0.25, -0.2) is 4.79 Å². The van der Waals surface area contributed by atoms with Crippen molar-refractivity contribution < 1.29 is 24.6 Å². The summed E-state index contributed by atoms with van der Waals surface area (Å²) in [5.74, 6) is -1.76. The zero-order valence-corrected chi connectivity index (χ0v) is 22.6. The number of aliphatic hydroxyl groups is 1. The van der Waals surface area contributed by atoms with Crippen LogP contribution in [0, 0.1) is 0 Å². The van der Waals surface area contributed by atoms with E-state index in [1.165, 1.54) is 17.7 Å². The first-order chi connectivity index (χ1) is 17.5. The zero-order chi connectivity index (χ0) is 27.2. The topological polar surface area (TPSA) is 108 Å². The lowest BCUT2D eigenvalue weighted by Crippen LogP contribution is -2.34. The van der Waals surface area contributed by atoms with Crippen molar-refractivity contribution in [2.45, 2.75) is 96.7 Å². The summed E-state index contributed by atoms with van der Waals surface area (Å²) in [6.45, 7) is 11.0. The van der Waals surface area contributed by atoms with Gasteiger partial charge >= 0.3 is 5.97 Å². The van der Waals surface area contributed by atoms with E-state index >= 15 is 0 Å². The number of hydrogen-bond acceptors (Lipinski definition) is 5. The van der Waals surface area contributed by atoms with E-state index in [4.69, 9.17) is 4.84 Å². The number of fused-ring (bicyclic) bond motifs is 1. The van der Waals surface area contributed by atoms with Gasteiger partial charge in [-0.3, -0.25) is 4.79 Å². The number of carbonyl (C=O) groups is 2. The van der Waals surface area contributed by atoms with Crippen molar-refractivity contribution in [3.8, 4) is 0 Å². The molecule has 2 aromatic rings. The van der Waals surface area contributed by atoms with E-state index in [1.54, 1.807) is 12.1 Å². The summed E-state index contributed by atoms with van der Waals surface area (Å²) in [6, 6.07) is 12.1. The van der Waals surface area contributed by atoms with Gasteiger partial charge in [0.05, 0.1) is 11.3 Å². The van der Waals surface area contributed by atoms with Crippen molar-refractivity contribution in [1.29, 1.82) is 0 Å². The molecule has 200 valence electrons. The number of unbranched alkanes of at least 4 members (excludes halogenated alkanes) is 3. The number of carbonyl (C=O) groups excluding carboxylic acids is 1. The number of aromatic carboxylic acids is 1. The number of rotatable bonds is 11. The van der Waals surface area contributed by atoms with E-state index in [1.807, 2.05) is 18.2 Å². The van der Waals surface area contributed by atoms with Crippen molar-refractivity contribution in [3.05, 3.63) is 64.7 Å². The van der Waals surface area contributed by atoms with Gasteiger partial charge < -0.3 is 20.4 Å². The van der Waals surface area contributed by atoms with Crippen LogP contribution in [0.4, 0.5) is 5.69 Å². The standard InChI is InChI=1S/C30H40N2O5/c1-6-7-8-9-14-25(33)37-32-26(27(34)31-24-13-11-10-12-21(24)28(35)36)20-15-16-22-23(19-20)30(4,5)18-17-29(22,2)3/h10-13,15-16,19,25,33H,6-9,14,17-18H2,1-5H3,(H,31,34)(H,35,36)/b32-26+. The van der Waals surface area contributed by atoms with Crippen molar-refractivity contribution >= 4 is 23.3 Å². The lowest BCUT2D eigenvalue weighted by atomic mass is 9.63. The minimum absolute atomic E-state index is 0.00849. The number of anilines is 1. The Bertz CT molecular complexity index is 1150. The summed E-state index contributed by atoms with van der Waals surface area (Å²) in [5, 5.41) is 26.7. The Kier molecular flexibility index (Phi) is 9.13. The highest BCUT2D eigenvalue weighted by molar-refractivity contribution is 6.49. The summed E-state index contributed by atoms with van der Waals surface area (Å²) >= 11 is 0. The van der Waals surface area contributed by atoms with Crippen LogP contribution in [-0.2, 0) is 20.5 Å². The molecule has 2 aromatic carbocycles. The second-order valence-electron chi connectivity index (χ2n) is 11.2. The van der Waals surface area contributed by atoms with E-state index in [0.29, 0.717) is 12.0 Å². The van der Waals surface area contributed by atoms with E-state index in [0.717, 1.165) is 44.1 Å². The van der Waals surface area contributed by atoms with Gasteiger partial charge in [-0.1, -0.05) is 83.3 Å². The smallest absolute Gasteiger partial charge is 0.337 e. The number of para-hydroxylation sites is 1. The molecule has 3 rings (SSSR count). The van der Waals surface area contributed by atoms with Crippen molar-refractivity contribution in [2.75, 3.05) is 5.32 Å². The second-order valence-corrected chi connectivity index (χ2v) is 11.2. The Morgan fingerprint density at radius 3 is 2.35 bits per heavy atom. The largest absolute Gasteiger partial charge is 0.478 e. The quantitative estimate of drug-likeness (QED) is 0.141. The predicted molar refractivity (Wildman–Crippen MR) is 146 cm³/mol. The third-order valence-corrected chi connectivity index (χ3v) is 7.32. The second kappa shape index (κ2) is 11.9. The summed E-state index contributed by atoms with van der Waals surface area (Å²) in [4.78, 5) is 30.5. The number of aliphatic hydroxyl groups excluding tert-OH is 1. The highest BCUT2D eigenvalue weighted by Crippen LogP contribution is 2.46. The molecule has 1 atom stereocenters. The first-order valence-electron chi connectivity index (χ1n) is 13.2. The molecular formula is C30H40N2O5. The zero-order valence-electron chi connectivity index (χ0n) is 22.6. The molecule has 0 saturated carbocycles. The molecule has 7 heteroatoms. The molecule has 7 nitrogen and oxygen atoms in total. The number of benzene rings is 2. The van der Waals surface area contributed by atoms with Crippen LogP contribution in [-0.4, -0.2) is 34.1 Å². The van der Waals surface area contributed by atoms with Gasteiger partial charge in [0.2, 0.25) is 6.29 Å². The third kappa shape index (κ3) is 6.98. The number of nitrogens with zero attached hydrogens (tertiary/aromatic N) is 1. The van der Waals surface area contributed by atoms with Gasteiger partial charge in [-0.05, 0) is 59.4 Å². The fourth-order valence-corrected chi connectivity index (χ4v) is 4.83. The lowest BCUT2D eigenvalue weighted by Gasteiger charge is -2.42. The molecule has 0 aromatic heterocycles. The van der Waals surface area contributed by atoms with Gasteiger partial charge in [-0.2, -0.15) is 0 Å². The molecule has 0 saturated heterocycles. The van der Waals surface area contributed by atoms with Gasteiger partial charge in [0, 0.05) is 12.0 Å². The van der Waals surface area contributed by atoms with Crippen LogP contribution in [0.5, 0.6) is 0 Å². The summed E-state index contributed by atoms with van der Waals surface area (Å²) < 4.78 is 0. The van der Waals surface area contributed by atoms with E-state index in [-0.39, 0.29) is 27.8 Å². The maximum Gasteiger partial charge on any atom is 0.337 e. The summed E-state index contributed by atoms with van der Waals surface area (Å²) in [7, 11) is 0.